The summed E-state index contributed by atoms with van der Waals surface area (Å²) in [4.78, 5) is 15.8. The highest BCUT2D eigenvalue weighted by molar-refractivity contribution is 7.89. The van der Waals surface area contributed by atoms with Crippen molar-refractivity contribution in [3.8, 4) is 28.7 Å². The predicted molar refractivity (Wildman–Crippen MR) is 182 cm³/mol. The first-order valence-electron chi connectivity index (χ1n) is 16.3. The van der Waals surface area contributed by atoms with Crippen LogP contribution in [0, 0.1) is 0 Å². The third-order valence-corrected chi connectivity index (χ3v) is 10.0. The maximum atomic E-state index is 14.4. The lowest BCUT2D eigenvalue weighted by Crippen LogP contribution is -2.49. The van der Waals surface area contributed by atoms with Crippen LogP contribution < -0.4 is 29.4 Å². The summed E-state index contributed by atoms with van der Waals surface area (Å²) in [6.07, 6.45) is 4.66. The van der Waals surface area contributed by atoms with E-state index in [1.165, 1.54) is 8.99 Å². The number of halogens is 1. The average Bonchev–Trinajstić information content (AvgIpc) is 3.50. The van der Waals surface area contributed by atoms with Crippen LogP contribution >= 0.6 is 11.6 Å². The minimum absolute atomic E-state index is 0.0273. The van der Waals surface area contributed by atoms with E-state index in [-0.39, 0.29) is 65.2 Å². The first-order chi connectivity index (χ1) is 22.3. The fourth-order valence-electron chi connectivity index (χ4n) is 5.86. The Hall–Kier alpha value is -3.48. The molecule has 2 aromatic carbocycles. The zero-order chi connectivity index (χ0) is 33.9. The Bertz CT molecular complexity index is 1680. The Morgan fingerprint density at radius 2 is 1.45 bits per heavy atom. The van der Waals surface area contributed by atoms with Crippen molar-refractivity contribution in [2.75, 3.05) is 31.1 Å². The molecule has 5 rings (SSSR count). The summed E-state index contributed by atoms with van der Waals surface area (Å²) in [5, 5.41) is 4.96. The summed E-state index contributed by atoms with van der Waals surface area (Å²) in [7, 11) is -4.07. The first-order valence-corrected chi connectivity index (χ1v) is 18.1. The Morgan fingerprint density at radius 1 is 0.851 bits per heavy atom. The van der Waals surface area contributed by atoms with Crippen molar-refractivity contribution in [3.63, 3.8) is 0 Å². The highest BCUT2D eigenvalue weighted by Crippen LogP contribution is 2.41. The predicted octanol–water partition coefficient (Wildman–Crippen LogP) is 6.08. The number of aromatic nitrogens is 2. The standard InChI is InChI=1S/C34H45ClN4O7S/c1-22(2)43-28-19-30(44-23(3)4)33(31(20-28)45-24(5)6)47(41,42)38-16-14-37(15-17-38)29-21-36-39(26-11-9-10-25(35)18-26)34(40)32(29)46-27-12-7-8-13-27/h9-11,18-24,27H,7-8,12-17H2,1-6H3. The smallest absolute Gasteiger partial charge is 0.316 e. The number of piperazine rings is 1. The topological polar surface area (TPSA) is 112 Å². The van der Waals surface area contributed by atoms with Crippen LogP contribution in [0.25, 0.3) is 5.69 Å². The number of ether oxygens (including phenoxy) is 4. The quantitative estimate of drug-likeness (QED) is 0.224. The largest absolute Gasteiger partial charge is 0.491 e. The lowest BCUT2D eigenvalue weighted by Gasteiger charge is -2.36. The van der Waals surface area contributed by atoms with Gasteiger partial charge in [0.1, 0.15) is 22.9 Å². The lowest BCUT2D eigenvalue weighted by atomic mass is 10.2. The highest BCUT2D eigenvalue weighted by Gasteiger charge is 2.36. The molecule has 1 aliphatic carbocycles. The Labute approximate surface area is 282 Å². The lowest BCUT2D eigenvalue weighted by molar-refractivity contribution is 0.205. The maximum absolute atomic E-state index is 14.4. The van der Waals surface area contributed by atoms with Gasteiger partial charge in [-0.3, -0.25) is 4.79 Å². The van der Waals surface area contributed by atoms with Gasteiger partial charge in [0.05, 0.1) is 36.3 Å². The van der Waals surface area contributed by atoms with Gasteiger partial charge in [-0.1, -0.05) is 17.7 Å². The van der Waals surface area contributed by atoms with Gasteiger partial charge in [0.25, 0.3) is 10.0 Å². The minimum atomic E-state index is -4.07. The molecule has 256 valence electrons. The molecule has 0 atom stereocenters. The van der Waals surface area contributed by atoms with Crippen LogP contribution in [0.2, 0.25) is 5.02 Å². The fourth-order valence-corrected chi connectivity index (χ4v) is 7.67. The summed E-state index contributed by atoms with van der Waals surface area (Å²) >= 11 is 6.21. The van der Waals surface area contributed by atoms with Gasteiger partial charge >= 0.3 is 5.56 Å². The van der Waals surface area contributed by atoms with Crippen molar-refractivity contribution in [1.82, 2.24) is 14.1 Å². The van der Waals surface area contributed by atoms with Crippen LogP contribution in [-0.2, 0) is 10.0 Å². The zero-order valence-electron chi connectivity index (χ0n) is 27.9. The van der Waals surface area contributed by atoms with Gasteiger partial charge in [0, 0.05) is 43.3 Å². The number of anilines is 1. The second-order valence-electron chi connectivity index (χ2n) is 12.7. The van der Waals surface area contributed by atoms with Crippen molar-refractivity contribution in [3.05, 3.63) is 58.0 Å². The number of benzene rings is 2. The molecule has 2 aliphatic rings. The molecule has 0 spiro atoms. The first kappa shape index (κ1) is 34.8. The summed E-state index contributed by atoms with van der Waals surface area (Å²) in [6.45, 7) is 12.1. The summed E-state index contributed by atoms with van der Waals surface area (Å²) in [5.41, 5.74) is 0.686. The molecule has 1 saturated carbocycles. The molecule has 11 nitrogen and oxygen atoms in total. The normalized spacial score (nSPS) is 16.3. The molecular formula is C34H45ClN4O7S. The number of rotatable bonds is 12. The molecule has 0 amide bonds. The van der Waals surface area contributed by atoms with E-state index in [4.69, 9.17) is 30.5 Å². The summed E-state index contributed by atoms with van der Waals surface area (Å²) < 4.78 is 55.8. The molecule has 0 unspecified atom stereocenters. The molecule has 3 aromatic rings. The van der Waals surface area contributed by atoms with Crippen LogP contribution in [0.3, 0.4) is 0 Å². The van der Waals surface area contributed by atoms with Crippen LogP contribution in [0.4, 0.5) is 5.69 Å². The van der Waals surface area contributed by atoms with E-state index in [1.807, 2.05) is 46.4 Å². The van der Waals surface area contributed by atoms with Crippen molar-refractivity contribution < 1.29 is 27.4 Å². The zero-order valence-corrected chi connectivity index (χ0v) is 29.5. The number of sulfonamides is 1. The molecule has 2 heterocycles. The Balaban J connectivity index is 1.46. The minimum Gasteiger partial charge on any atom is -0.491 e. The molecule has 1 aliphatic heterocycles. The van der Waals surface area contributed by atoms with Gasteiger partial charge in [0.2, 0.25) is 5.75 Å². The summed E-state index contributed by atoms with van der Waals surface area (Å²) in [6, 6.07) is 10.2. The van der Waals surface area contributed by atoms with Crippen LogP contribution in [0.15, 0.2) is 52.3 Å². The van der Waals surface area contributed by atoms with Gasteiger partial charge in [0.15, 0.2) is 4.90 Å². The number of nitrogens with zero attached hydrogens (tertiary/aromatic N) is 4. The third-order valence-electron chi connectivity index (χ3n) is 7.82. The van der Waals surface area contributed by atoms with E-state index in [2.05, 4.69) is 5.10 Å². The van der Waals surface area contributed by atoms with Crippen LogP contribution in [0.5, 0.6) is 23.0 Å². The maximum Gasteiger partial charge on any atom is 0.316 e. The molecule has 2 fully saturated rings. The van der Waals surface area contributed by atoms with Gasteiger partial charge in [-0.25, -0.2) is 8.42 Å². The van der Waals surface area contributed by atoms with E-state index in [1.54, 1.807) is 42.6 Å². The van der Waals surface area contributed by atoms with Crippen molar-refractivity contribution >= 4 is 27.3 Å². The van der Waals surface area contributed by atoms with E-state index in [0.29, 0.717) is 35.2 Å². The second-order valence-corrected chi connectivity index (χ2v) is 15.0. The van der Waals surface area contributed by atoms with E-state index in [9.17, 15) is 13.2 Å². The number of hydrogen-bond acceptors (Lipinski definition) is 9. The molecule has 0 bridgehead atoms. The van der Waals surface area contributed by atoms with E-state index >= 15 is 0 Å². The molecule has 1 saturated heterocycles. The SMILES string of the molecule is CC(C)Oc1cc(OC(C)C)c(S(=O)(=O)N2CCN(c3cnn(-c4cccc(Cl)c4)c(=O)c3OC3CCCC3)CC2)c(OC(C)C)c1. The second kappa shape index (κ2) is 14.7. The van der Waals surface area contributed by atoms with Crippen LogP contribution in [0.1, 0.15) is 67.2 Å². The number of hydrogen-bond donors (Lipinski definition) is 0. The van der Waals surface area contributed by atoms with E-state index in [0.717, 1.165) is 25.7 Å². The average molecular weight is 689 g/mol. The molecule has 13 heteroatoms. The fraction of sp³-hybridized carbons (Fsp3) is 0.529. The van der Waals surface area contributed by atoms with Gasteiger partial charge in [-0.05, 0) is 85.4 Å². The van der Waals surface area contributed by atoms with Gasteiger partial charge < -0.3 is 23.8 Å². The monoisotopic (exact) mass is 688 g/mol. The third kappa shape index (κ3) is 8.16. The molecule has 47 heavy (non-hydrogen) atoms. The highest BCUT2D eigenvalue weighted by atomic mass is 35.5. The molecule has 0 radical (unpaired) electrons. The van der Waals surface area contributed by atoms with Crippen LogP contribution in [-0.4, -0.2) is 73.1 Å². The van der Waals surface area contributed by atoms with E-state index < -0.39 is 10.0 Å². The molecule has 1 aromatic heterocycles. The van der Waals surface area contributed by atoms with Crippen molar-refractivity contribution in [2.24, 2.45) is 0 Å². The Kier molecular flexibility index (Phi) is 10.9. The molecule has 0 N–H and O–H groups in total. The van der Waals surface area contributed by atoms with Gasteiger partial charge in [-0.2, -0.15) is 14.1 Å². The van der Waals surface area contributed by atoms with Crippen molar-refractivity contribution in [1.29, 1.82) is 0 Å². The molecular weight excluding hydrogens is 644 g/mol. The van der Waals surface area contributed by atoms with Crippen molar-refractivity contribution in [2.45, 2.75) is 96.5 Å². The van der Waals surface area contributed by atoms with Gasteiger partial charge in [-0.15, -0.1) is 0 Å². The summed E-state index contributed by atoms with van der Waals surface area (Å²) in [5.74, 6) is 1.03. The Morgan fingerprint density at radius 3 is 2.00 bits per heavy atom.